The van der Waals surface area contributed by atoms with Crippen LogP contribution < -0.4 is 0 Å². The van der Waals surface area contributed by atoms with Crippen molar-refractivity contribution in [3.63, 3.8) is 0 Å². The van der Waals surface area contributed by atoms with Crippen molar-refractivity contribution in [2.75, 3.05) is 6.54 Å². The van der Waals surface area contributed by atoms with Crippen molar-refractivity contribution < 1.29 is 4.79 Å². The monoisotopic (exact) mass is 243 g/mol. The van der Waals surface area contributed by atoms with E-state index in [9.17, 15) is 4.79 Å². The molecule has 0 spiro atoms. The van der Waals surface area contributed by atoms with Crippen LogP contribution in [0.3, 0.4) is 0 Å². The van der Waals surface area contributed by atoms with Crippen molar-refractivity contribution in [2.24, 2.45) is 11.8 Å². The molecular formula is C16H21NO. The highest BCUT2D eigenvalue weighted by atomic mass is 16.2. The summed E-state index contributed by atoms with van der Waals surface area (Å²) in [7, 11) is 0. The summed E-state index contributed by atoms with van der Waals surface area (Å²) in [5.41, 5.74) is 1.25. The highest BCUT2D eigenvalue weighted by Crippen LogP contribution is 2.37. The molecule has 2 fully saturated rings. The molecule has 0 N–H and O–H groups in total. The summed E-state index contributed by atoms with van der Waals surface area (Å²) in [5.74, 6) is 1.42. The number of hydrogen-bond acceptors (Lipinski definition) is 1. The van der Waals surface area contributed by atoms with Crippen molar-refractivity contribution in [3.8, 4) is 0 Å². The third-order valence-electron chi connectivity index (χ3n) is 4.52. The molecule has 1 aromatic carbocycles. The lowest BCUT2D eigenvalue weighted by molar-refractivity contribution is -0.132. The van der Waals surface area contributed by atoms with Gasteiger partial charge in [-0.15, -0.1) is 0 Å². The fourth-order valence-corrected chi connectivity index (χ4v) is 3.52. The maximum atomic E-state index is 12.4. The number of likely N-dealkylation sites (tertiary alicyclic amines) is 1. The van der Waals surface area contributed by atoms with Gasteiger partial charge >= 0.3 is 0 Å². The molecule has 1 aromatic rings. The third kappa shape index (κ3) is 2.29. The Kier molecular flexibility index (Phi) is 3.35. The van der Waals surface area contributed by atoms with Gasteiger partial charge in [-0.2, -0.15) is 0 Å². The lowest BCUT2D eigenvalue weighted by Gasteiger charge is -2.19. The van der Waals surface area contributed by atoms with Crippen molar-refractivity contribution in [1.82, 2.24) is 4.90 Å². The second kappa shape index (κ2) is 5.13. The largest absolute Gasteiger partial charge is 0.338 e. The van der Waals surface area contributed by atoms with Crippen LogP contribution in [0.5, 0.6) is 0 Å². The molecule has 1 saturated heterocycles. The first kappa shape index (κ1) is 11.8. The molecule has 96 valence electrons. The molecule has 1 amide bonds. The van der Waals surface area contributed by atoms with Crippen LogP contribution in [0, 0.1) is 11.8 Å². The fraction of sp³-hybridized carbons (Fsp3) is 0.562. The Bertz CT molecular complexity index is 408. The van der Waals surface area contributed by atoms with Crippen LogP contribution >= 0.6 is 0 Å². The van der Waals surface area contributed by atoms with Crippen molar-refractivity contribution in [1.29, 1.82) is 0 Å². The predicted octanol–water partition coefficient (Wildman–Crippen LogP) is 3.23. The van der Waals surface area contributed by atoms with Crippen LogP contribution in [0.15, 0.2) is 30.3 Å². The molecule has 1 atom stereocenters. The van der Waals surface area contributed by atoms with E-state index in [1.54, 1.807) is 0 Å². The smallest absolute Gasteiger partial charge is 0.226 e. The van der Waals surface area contributed by atoms with E-state index in [2.05, 4.69) is 17.0 Å². The van der Waals surface area contributed by atoms with Crippen LogP contribution in [0.1, 0.15) is 37.7 Å². The standard InChI is InChI=1S/C16H21NO/c18-16-15(14-8-4-5-9-14)10-11-17(16)12-13-6-2-1-3-7-13/h1-3,6-7,14-15H,4-5,8-12H2. The molecule has 1 heterocycles. The molecule has 1 aliphatic heterocycles. The highest BCUT2D eigenvalue weighted by Gasteiger charge is 2.37. The van der Waals surface area contributed by atoms with E-state index >= 15 is 0 Å². The molecule has 0 aromatic heterocycles. The van der Waals surface area contributed by atoms with Crippen LogP contribution in [-0.4, -0.2) is 17.4 Å². The Hall–Kier alpha value is -1.31. The van der Waals surface area contributed by atoms with E-state index in [-0.39, 0.29) is 0 Å². The van der Waals surface area contributed by atoms with Crippen molar-refractivity contribution in [3.05, 3.63) is 35.9 Å². The number of benzene rings is 1. The minimum absolute atomic E-state index is 0.330. The number of nitrogens with zero attached hydrogens (tertiary/aromatic N) is 1. The van der Waals surface area contributed by atoms with E-state index in [4.69, 9.17) is 0 Å². The van der Waals surface area contributed by atoms with E-state index < -0.39 is 0 Å². The minimum Gasteiger partial charge on any atom is -0.338 e. The summed E-state index contributed by atoms with van der Waals surface area (Å²) in [6.45, 7) is 1.75. The zero-order valence-electron chi connectivity index (χ0n) is 10.8. The summed E-state index contributed by atoms with van der Waals surface area (Å²) in [6.07, 6.45) is 6.28. The average molecular weight is 243 g/mol. The van der Waals surface area contributed by atoms with E-state index in [1.165, 1.54) is 31.2 Å². The number of amides is 1. The molecule has 2 aliphatic rings. The second-order valence-corrected chi connectivity index (χ2v) is 5.69. The quantitative estimate of drug-likeness (QED) is 0.798. The molecule has 0 bridgehead atoms. The van der Waals surface area contributed by atoms with Gasteiger partial charge in [0.1, 0.15) is 0 Å². The molecule has 1 saturated carbocycles. The molecule has 2 nitrogen and oxygen atoms in total. The van der Waals surface area contributed by atoms with Gasteiger partial charge in [-0.1, -0.05) is 43.2 Å². The van der Waals surface area contributed by atoms with Gasteiger partial charge in [0.25, 0.3) is 0 Å². The SMILES string of the molecule is O=C1C(C2CCCC2)CCN1Cc1ccccc1. The summed E-state index contributed by atoms with van der Waals surface area (Å²) >= 11 is 0. The fourth-order valence-electron chi connectivity index (χ4n) is 3.52. The van der Waals surface area contributed by atoms with Gasteiger partial charge in [0.15, 0.2) is 0 Å². The first-order valence-electron chi connectivity index (χ1n) is 7.17. The van der Waals surface area contributed by atoms with Gasteiger partial charge in [0.05, 0.1) is 0 Å². The Morgan fingerprint density at radius 1 is 1.06 bits per heavy atom. The summed E-state index contributed by atoms with van der Waals surface area (Å²) in [6, 6.07) is 10.3. The Morgan fingerprint density at radius 3 is 2.50 bits per heavy atom. The van der Waals surface area contributed by atoms with Crippen LogP contribution in [0.25, 0.3) is 0 Å². The molecule has 1 aliphatic carbocycles. The summed E-state index contributed by atoms with van der Waals surface area (Å²) in [5, 5.41) is 0. The molecule has 0 radical (unpaired) electrons. The topological polar surface area (TPSA) is 20.3 Å². The average Bonchev–Trinajstić information content (AvgIpc) is 3.02. The van der Waals surface area contributed by atoms with E-state index in [0.717, 1.165) is 19.5 Å². The van der Waals surface area contributed by atoms with Gasteiger partial charge in [-0.3, -0.25) is 4.79 Å². The lowest BCUT2D eigenvalue weighted by Crippen LogP contribution is -2.29. The van der Waals surface area contributed by atoms with Gasteiger partial charge in [0.2, 0.25) is 5.91 Å². The number of hydrogen-bond donors (Lipinski definition) is 0. The van der Waals surface area contributed by atoms with Gasteiger partial charge in [0, 0.05) is 19.0 Å². The molecule has 1 unspecified atom stereocenters. The molecule has 3 rings (SSSR count). The molecular weight excluding hydrogens is 222 g/mol. The number of carbonyl (C=O) groups is 1. The van der Waals surface area contributed by atoms with Crippen molar-refractivity contribution in [2.45, 2.75) is 38.6 Å². The lowest BCUT2D eigenvalue weighted by atomic mass is 9.90. The second-order valence-electron chi connectivity index (χ2n) is 5.69. The van der Waals surface area contributed by atoms with E-state index in [1.807, 2.05) is 18.2 Å². The number of rotatable bonds is 3. The first-order valence-corrected chi connectivity index (χ1v) is 7.17. The van der Waals surface area contributed by atoms with Crippen molar-refractivity contribution >= 4 is 5.91 Å². The zero-order chi connectivity index (χ0) is 12.4. The Morgan fingerprint density at radius 2 is 1.78 bits per heavy atom. The Labute approximate surface area is 109 Å². The number of carbonyl (C=O) groups excluding carboxylic acids is 1. The van der Waals surface area contributed by atoms with E-state index in [0.29, 0.717) is 17.7 Å². The summed E-state index contributed by atoms with van der Waals surface area (Å²) in [4.78, 5) is 14.5. The first-order chi connectivity index (χ1) is 8.84. The maximum Gasteiger partial charge on any atom is 0.226 e. The third-order valence-corrected chi connectivity index (χ3v) is 4.52. The van der Waals surface area contributed by atoms with Gasteiger partial charge < -0.3 is 4.90 Å². The molecule has 2 heteroatoms. The van der Waals surface area contributed by atoms with Crippen LogP contribution in [0.4, 0.5) is 0 Å². The van der Waals surface area contributed by atoms with Gasteiger partial charge in [-0.25, -0.2) is 0 Å². The normalized spacial score (nSPS) is 25.0. The molecule has 18 heavy (non-hydrogen) atoms. The zero-order valence-corrected chi connectivity index (χ0v) is 10.8. The Balaban J connectivity index is 1.63. The minimum atomic E-state index is 0.330. The summed E-state index contributed by atoms with van der Waals surface area (Å²) < 4.78 is 0. The predicted molar refractivity (Wildman–Crippen MR) is 71.9 cm³/mol. The highest BCUT2D eigenvalue weighted by molar-refractivity contribution is 5.81. The van der Waals surface area contributed by atoms with Crippen LogP contribution in [0.2, 0.25) is 0 Å². The van der Waals surface area contributed by atoms with Crippen LogP contribution in [-0.2, 0) is 11.3 Å². The maximum absolute atomic E-state index is 12.4. The van der Waals surface area contributed by atoms with Gasteiger partial charge in [-0.05, 0) is 30.7 Å².